The van der Waals surface area contributed by atoms with Crippen LogP contribution in [0.2, 0.25) is 0 Å². The normalized spacial score (nSPS) is 12.0. The molecule has 5 nitrogen and oxygen atoms in total. The van der Waals surface area contributed by atoms with Crippen LogP contribution in [0.1, 0.15) is 57.4 Å². The van der Waals surface area contributed by atoms with Crippen molar-refractivity contribution in [2.75, 3.05) is 0 Å². The molecule has 1 N–H and O–H groups in total. The van der Waals surface area contributed by atoms with Crippen LogP contribution in [0, 0.1) is 13.8 Å². The maximum Gasteiger partial charge on any atom is 0.141 e. The van der Waals surface area contributed by atoms with Crippen molar-refractivity contribution in [3.05, 3.63) is 102 Å². The van der Waals surface area contributed by atoms with Gasteiger partial charge >= 0.3 is 0 Å². The largest absolute Gasteiger partial charge is 0.663 e. The number of imidazole rings is 1. The van der Waals surface area contributed by atoms with E-state index in [0.29, 0.717) is 5.52 Å². The predicted octanol–water partition coefficient (Wildman–Crippen LogP) is 9.89. The van der Waals surface area contributed by atoms with Crippen LogP contribution in [-0.4, -0.2) is 19.6 Å². The summed E-state index contributed by atoms with van der Waals surface area (Å²) in [5, 5.41) is 13.0. The number of hydrogen-bond acceptors (Lipinski definition) is 3. The van der Waals surface area contributed by atoms with Crippen molar-refractivity contribution < 1.29 is 26.2 Å². The summed E-state index contributed by atoms with van der Waals surface area (Å²) in [7, 11) is 0. The Bertz CT molecular complexity index is 2210. The molecule has 0 unspecified atom stereocenters. The predicted molar refractivity (Wildman–Crippen MR) is 182 cm³/mol. The molecule has 3 aromatic heterocycles. The van der Waals surface area contributed by atoms with Gasteiger partial charge in [-0.15, -0.1) is 5.52 Å². The number of aryl methyl sites for hydroxylation is 2. The Hall–Kier alpha value is -4.21. The van der Waals surface area contributed by atoms with E-state index in [4.69, 9.17) is 15.0 Å². The number of aromatic hydroxyl groups is 1. The average molecular weight is 773 g/mol. The number of hydrogen-bond donors (Lipinski definition) is 1. The van der Waals surface area contributed by atoms with Crippen molar-refractivity contribution in [2.45, 2.75) is 59.9 Å². The fraction of sp³-hybridized carbons (Fsp3) is 0.231. The van der Waals surface area contributed by atoms with Gasteiger partial charge in [0.1, 0.15) is 17.1 Å². The van der Waals surface area contributed by atoms with Crippen LogP contribution in [0.25, 0.3) is 66.6 Å². The summed E-state index contributed by atoms with van der Waals surface area (Å²) in [5.74, 6) is 1.06. The molecule has 7 rings (SSSR count). The average Bonchev–Trinajstić information content (AvgIpc) is 3.60. The summed E-state index contributed by atoms with van der Waals surface area (Å²) in [6.45, 7) is 15.4. The first kappa shape index (κ1) is 30.8. The molecule has 6 heteroatoms. The molecular weight excluding hydrogens is 736 g/mol. The van der Waals surface area contributed by atoms with Crippen molar-refractivity contribution in [2.24, 2.45) is 0 Å². The molecule has 4 aromatic carbocycles. The Morgan fingerprint density at radius 1 is 0.778 bits per heavy atom. The number of pyridine rings is 1. The van der Waals surface area contributed by atoms with Gasteiger partial charge in [0.25, 0.3) is 0 Å². The summed E-state index contributed by atoms with van der Waals surface area (Å²) < 4.78 is 2.32. The smallest absolute Gasteiger partial charge is 0.141 e. The van der Waals surface area contributed by atoms with Crippen LogP contribution in [0.3, 0.4) is 0 Å². The van der Waals surface area contributed by atoms with E-state index >= 15 is 0 Å². The van der Waals surface area contributed by atoms with E-state index in [2.05, 4.69) is 114 Å². The summed E-state index contributed by atoms with van der Waals surface area (Å²) >= 11 is 0. The second kappa shape index (κ2) is 11.3. The van der Waals surface area contributed by atoms with E-state index in [-0.39, 0.29) is 38.3 Å². The van der Waals surface area contributed by atoms with Gasteiger partial charge in [-0.25, -0.2) is 9.97 Å². The Morgan fingerprint density at radius 3 is 2.22 bits per heavy atom. The van der Waals surface area contributed by atoms with Gasteiger partial charge in [0, 0.05) is 43.6 Å². The SMILES string of the molecule is Cc1cc(C)cc(-c2cc(-c3cccc4c3nc(-c3cc(C(C)(C)C)cc5cc[n-]c35)n4C(C)C)nc3c(O)cccc23)c1.[Pt]. The zero-order valence-corrected chi connectivity index (χ0v) is 29.0. The van der Waals surface area contributed by atoms with Gasteiger partial charge in [0.2, 0.25) is 0 Å². The number of benzene rings is 4. The topological polar surface area (TPSA) is 65.0 Å². The quantitative estimate of drug-likeness (QED) is 0.194. The molecule has 230 valence electrons. The molecule has 0 aliphatic heterocycles. The fourth-order valence-corrected chi connectivity index (χ4v) is 6.50. The number of aromatic nitrogens is 4. The first-order valence-electron chi connectivity index (χ1n) is 15.3. The zero-order valence-electron chi connectivity index (χ0n) is 26.7. The van der Waals surface area contributed by atoms with E-state index in [1.165, 1.54) is 16.7 Å². The van der Waals surface area contributed by atoms with Gasteiger partial charge in [-0.2, -0.15) is 6.20 Å². The Labute approximate surface area is 278 Å². The third-order valence-corrected chi connectivity index (χ3v) is 8.57. The molecule has 0 aliphatic carbocycles. The summed E-state index contributed by atoms with van der Waals surface area (Å²) in [6.07, 6.45) is 1.88. The minimum absolute atomic E-state index is 0. The molecule has 0 radical (unpaired) electrons. The van der Waals surface area contributed by atoms with E-state index in [9.17, 15) is 5.11 Å². The Morgan fingerprint density at radius 2 is 1.51 bits per heavy atom. The zero-order chi connectivity index (χ0) is 30.9. The number of para-hydroxylation sites is 2. The van der Waals surface area contributed by atoms with Crippen LogP contribution in [-0.2, 0) is 26.5 Å². The third-order valence-electron chi connectivity index (χ3n) is 8.57. The van der Waals surface area contributed by atoms with Crippen molar-refractivity contribution in [1.82, 2.24) is 19.5 Å². The molecule has 0 bridgehead atoms. The molecule has 3 heterocycles. The minimum Gasteiger partial charge on any atom is -0.663 e. The van der Waals surface area contributed by atoms with E-state index < -0.39 is 0 Å². The van der Waals surface area contributed by atoms with Gasteiger partial charge in [-0.3, -0.25) is 0 Å². The van der Waals surface area contributed by atoms with Crippen molar-refractivity contribution in [3.8, 4) is 39.5 Å². The Balaban J connectivity index is 0.00000357. The minimum atomic E-state index is -0.0262. The van der Waals surface area contributed by atoms with E-state index in [1.807, 2.05) is 18.3 Å². The molecule has 0 aliphatic rings. The van der Waals surface area contributed by atoms with Crippen molar-refractivity contribution >= 4 is 32.8 Å². The number of phenols is 1. The molecule has 0 saturated heterocycles. The van der Waals surface area contributed by atoms with Crippen molar-refractivity contribution in [3.63, 3.8) is 0 Å². The van der Waals surface area contributed by atoms with Crippen molar-refractivity contribution in [1.29, 1.82) is 0 Å². The molecule has 0 fully saturated rings. The van der Waals surface area contributed by atoms with Crippen LogP contribution in [0.15, 0.2) is 85.1 Å². The second-order valence-corrected chi connectivity index (χ2v) is 13.3. The van der Waals surface area contributed by atoms with Gasteiger partial charge in [-0.05, 0) is 79.5 Å². The second-order valence-electron chi connectivity index (χ2n) is 13.3. The molecule has 7 aromatic rings. The molecule has 0 spiro atoms. The molecule has 0 atom stereocenters. The van der Waals surface area contributed by atoms with Gasteiger partial charge < -0.3 is 14.7 Å². The van der Waals surface area contributed by atoms with Crippen LogP contribution in [0.4, 0.5) is 0 Å². The summed E-state index contributed by atoms with van der Waals surface area (Å²) in [6, 6.07) is 27.4. The fourth-order valence-electron chi connectivity index (χ4n) is 6.50. The molecule has 0 saturated carbocycles. The van der Waals surface area contributed by atoms with Gasteiger partial charge in [-0.1, -0.05) is 86.5 Å². The Kier molecular flexibility index (Phi) is 7.73. The number of nitrogens with zero attached hydrogens (tertiary/aromatic N) is 4. The number of fused-ring (bicyclic) bond motifs is 3. The van der Waals surface area contributed by atoms with E-state index in [0.717, 1.165) is 61.1 Å². The standard InChI is InChI=1S/C39H37N4O.Pt/c1-22(2)43-33-12-8-11-29(36(33)42-38(43)31-20-27(39(5,6)7)19-25-14-15-40-35(25)31)32-21-30(26-17-23(3)16-24(4)18-26)28-10-9-13-34(44)37(28)41-32;/h8-22H,1-7H3,(H-,40,41,42,44);/q-1;. The molecular formula is C39H37N4OPt-. The first-order valence-corrected chi connectivity index (χ1v) is 15.3. The van der Waals surface area contributed by atoms with Gasteiger partial charge in [0.15, 0.2) is 0 Å². The molecule has 0 amide bonds. The van der Waals surface area contributed by atoms with E-state index in [1.54, 1.807) is 6.07 Å². The monoisotopic (exact) mass is 772 g/mol. The van der Waals surface area contributed by atoms with Gasteiger partial charge in [0.05, 0.1) is 16.7 Å². The first-order chi connectivity index (χ1) is 21.0. The third kappa shape index (κ3) is 5.27. The number of phenolic OH excluding ortho intramolecular Hbond substituents is 1. The summed E-state index contributed by atoms with van der Waals surface area (Å²) in [5.41, 5.74) is 12.0. The van der Waals surface area contributed by atoms with Crippen LogP contribution >= 0.6 is 0 Å². The maximum atomic E-state index is 11.0. The van der Waals surface area contributed by atoms with Crippen LogP contribution < -0.4 is 4.98 Å². The van der Waals surface area contributed by atoms with Crippen LogP contribution in [0.5, 0.6) is 5.75 Å². The number of rotatable bonds is 4. The molecule has 45 heavy (non-hydrogen) atoms. The maximum absolute atomic E-state index is 11.0. The summed E-state index contributed by atoms with van der Waals surface area (Å²) in [4.78, 5) is 15.2.